The van der Waals surface area contributed by atoms with Crippen LogP contribution in [0.3, 0.4) is 0 Å². The van der Waals surface area contributed by atoms with E-state index < -0.39 is 11.4 Å². The number of carbonyl (C=O) groups excluding carboxylic acids is 1. The Hall–Kier alpha value is -1.00. The van der Waals surface area contributed by atoms with E-state index in [1.165, 1.54) is 11.8 Å². The number of unbranched alkanes of at least 4 members (excludes halogenated alkanes) is 1. The third-order valence-electron chi connectivity index (χ3n) is 2.66. The second kappa shape index (κ2) is 8.16. The van der Waals surface area contributed by atoms with E-state index in [0.29, 0.717) is 6.61 Å². The molecule has 1 rings (SSSR count). The fourth-order valence-corrected chi connectivity index (χ4v) is 2.25. The highest BCUT2D eigenvalue weighted by Gasteiger charge is 2.28. The molecule has 0 amide bonds. The first-order valence-electron chi connectivity index (χ1n) is 6.13. The van der Waals surface area contributed by atoms with Crippen LogP contribution in [0.15, 0.2) is 30.3 Å². The molecule has 0 spiro atoms. The van der Waals surface area contributed by atoms with E-state index in [4.69, 9.17) is 4.74 Å². The van der Waals surface area contributed by atoms with E-state index in [1.54, 1.807) is 6.26 Å². The van der Waals surface area contributed by atoms with Crippen molar-refractivity contribution in [2.24, 2.45) is 0 Å². The summed E-state index contributed by atoms with van der Waals surface area (Å²) < 4.78 is 5.16. The van der Waals surface area contributed by atoms with Crippen LogP contribution in [-0.4, -0.2) is 29.2 Å². The Kier molecular flexibility index (Phi) is 6.83. The first kappa shape index (κ1) is 15.1. The summed E-state index contributed by atoms with van der Waals surface area (Å²) in [7, 11) is 0. The van der Waals surface area contributed by atoms with Crippen LogP contribution in [0.25, 0.3) is 0 Å². The molecule has 0 saturated carbocycles. The van der Waals surface area contributed by atoms with Gasteiger partial charge in [-0.15, -0.1) is 11.8 Å². The molecule has 1 N–H and O–H groups in total. The lowest BCUT2D eigenvalue weighted by Crippen LogP contribution is -2.27. The number of aliphatic hydroxyl groups is 1. The monoisotopic (exact) mass is 268 g/mol. The quantitative estimate of drug-likeness (QED) is 0.610. The molecular weight excluding hydrogens is 248 g/mol. The summed E-state index contributed by atoms with van der Waals surface area (Å²) in [6.45, 7) is 2.46. The number of benzene rings is 1. The summed E-state index contributed by atoms with van der Waals surface area (Å²) >= 11 is 1.31. The van der Waals surface area contributed by atoms with Gasteiger partial charge in [-0.1, -0.05) is 43.7 Å². The molecule has 0 aliphatic carbocycles. The zero-order valence-corrected chi connectivity index (χ0v) is 11.7. The molecule has 0 saturated heterocycles. The van der Waals surface area contributed by atoms with Gasteiger partial charge in [-0.3, -0.25) is 4.79 Å². The van der Waals surface area contributed by atoms with Gasteiger partial charge >= 0.3 is 5.97 Å². The van der Waals surface area contributed by atoms with Crippen molar-refractivity contribution in [3.05, 3.63) is 35.9 Å². The minimum Gasteiger partial charge on any atom is -0.465 e. The van der Waals surface area contributed by atoms with Crippen LogP contribution in [0.4, 0.5) is 0 Å². The Morgan fingerprint density at radius 1 is 1.39 bits per heavy atom. The highest BCUT2D eigenvalue weighted by molar-refractivity contribution is 7.99. The summed E-state index contributed by atoms with van der Waals surface area (Å²) in [5.41, 5.74) is 0.740. The first-order chi connectivity index (χ1) is 8.70. The van der Waals surface area contributed by atoms with Crippen molar-refractivity contribution in [3.63, 3.8) is 0 Å². The number of carbonyl (C=O) groups is 1. The van der Waals surface area contributed by atoms with Gasteiger partial charge in [0, 0.05) is 0 Å². The summed E-state index contributed by atoms with van der Waals surface area (Å²) in [6, 6.07) is 9.20. The molecule has 0 heterocycles. The predicted molar refractivity (Wildman–Crippen MR) is 74.6 cm³/mol. The summed E-state index contributed by atoms with van der Waals surface area (Å²) in [5.74, 6) is -0.340. The molecule has 1 aromatic carbocycles. The molecule has 0 unspecified atom stereocenters. The Morgan fingerprint density at radius 2 is 2.06 bits per heavy atom. The van der Waals surface area contributed by atoms with Gasteiger partial charge < -0.3 is 9.84 Å². The van der Waals surface area contributed by atoms with Crippen molar-refractivity contribution in [1.82, 2.24) is 0 Å². The van der Waals surface area contributed by atoms with Gasteiger partial charge in [0.2, 0.25) is 0 Å². The topological polar surface area (TPSA) is 46.5 Å². The number of esters is 1. The average Bonchev–Trinajstić information content (AvgIpc) is 2.41. The summed E-state index contributed by atoms with van der Waals surface area (Å²) in [6.07, 6.45) is 2.82. The lowest BCUT2D eigenvalue weighted by molar-refractivity contribution is -0.145. The molecular formula is C14H20O3S. The largest absolute Gasteiger partial charge is 0.465 e. The Bertz CT molecular complexity index is 353. The van der Waals surface area contributed by atoms with Gasteiger partial charge in [0.15, 0.2) is 0 Å². The molecule has 0 bridgehead atoms. The standard InChI is InChI=1S/C14H20O3S/c1-3-4-10-17-14(16)13(18-2)12(15)11-8-6-5-7-9-11/h5-9,12-13,15H,3-4,10H2,1-2H3/t12-,13-/m1/s1. The lowest BCUT2D eigenvalue weighted by Gasteiger charge is -2.20. The molecule has 3 nitrogen and oxygen atoms in total. The van der Waals surface area contributed by atoms with E-state index in [2.05, 4.69) is 0 Å². The van der Waals surface area contributed by atoms with Crippen LogP contribution in [0.5, 0.6) is 0 Å². The van der Waals surface area contributed by atoms with Crippen LogP contribution < -0.4 is 0 Å². The number of thioether (sulfide) groups is 1. The average molecular weight is 268 g/mol. The second-order valence-corrected chi connectivity index (χ2v) is 5.01. The maximum atomic E-state index is 11.9. The molecule has 4 heteroatoms. The SMILES string of the molecule is CCCCOC(=O)[C@H](SC)[C@H](O)c1ccccc1. The zero-order valence-electron chi connectivity index (χ0n) is 10.8. The fraction of sp³-hybridized carbons (Fsp3) is 0.500. The van der Waals surface area contributed by atoms with Crippen molar-refractivity contribution in [1.29, 1.82) is 0 Å². The van der Waals surface area contributed by atoms with Gasteiger partial charge in [0.1, 0.15) is 11.4 Å². The first-order valence-corrected chi connectivity index (χ1v) is 7.42. The molecule has 0 aliphatic rings. The minimum absolute atomic E-state index is 0.340. The van der Waals surface area contributed by atoms with Gasteiger partial charge in [-0.05, 0) is 18.2 Å². The van der Waals surface area contributed by atoms with Gasteiger partial charge in [0.25, 0.3) is 0 Å². The molecule has 0 radical (unpaired) electrons. The smallest absolute Gasteiger partial charge is 0.322 e. The van der Waals surface area contributed by atoms with E-state index in [1.807, 2.05) is 37.3 Å². The molecule has 1 aromatic rings. The van der Waals surface area contributed by atoms with E-state index in [-0.39, 0.29) is 5.97 Å². The van der Waals surface area contributed by atoms with Crippen molar-refractivity contribution in [3.8, 4) is 0 Å². The van der Waals surface area contributed by atoms with Crippen molar-refractivity contribution in [2.45, 2.75) is 31.1 Å². The molecule has 18 heavy (non-hydrogen) atoms. The molecule has 0 aliphatic heterocycles. The van der Waals surface area contributed by atoms with E-state index in [9.17, 15) is 9.90 Å². The Labute approximate surface area is 113 Å². The van der Waals surface area contributed by atoms with Crippen LogP contribution in [0.1, 0.15) is 31.4 Å². The Morgan fingerprint density at radius 3 is 2.61 bits per heavy atom. The van der Waals surface area contributed by atoms with Crippen LogP contribution in [-0.2, 0) is 9.53 Å². The highest BCUT2D eigenvalue weighted by atomic mass is 32.2. The van der Waals surface area contributed by atoms with Crippen LogP contribution in [0, 0.1) is 0 Å². The number of ether oxygens (including phenoxy) is 1. The van der Waals surface area contributed by atoms with E-state index >= 15 is 0 Å². The van der Waals surface area contributed by atoms with E-state index in [0.717, 1.165) is 18.4 Å². The third kappa shape index (κ3) is 4.35. The number of hydrogen-bond acceptors (Lipinski definition) is 4. The predicted octanol–water partition coefficient (Wildman–Crippen LogP) is 2.79. The number of rotatable bonds is 7. The molecule has 2 atom stereocenters. The van der Waals surface area contributed by atoms with Crippen LogP contribution in [0.2, 0.25) is 0 Å². The second-order valence-electron chi connectivity index (χ2n) is 4.03. The van der Waals surface area contributed by atoms with Gasteiger partial charge in [-0.2, -0.15) is 0 Å². The summed E-state index contributed by atoms with van der Waals surface area (Å²) in [5, 5.41) is 9.62. The number of hydrogen-bond donors (Lipinski definition) is 1. The van der Waals surface area contributed by atoms with Crippen LogP contribution >= 0.6 is 11.8 Å². The third-order valence-corrected chi connectivity index (χ3v) is 3.61. The maximum Gasteiger partial charge on any atom is 0.322 e. The van der Waals surface area contributed by atoms with Crippen molar-refractivity contribution >= 4 is 17.7 Å². The molecule has 100 valence electrons. The van der Waals surface area contributed by atoms with Crippen molar-refractivity contribution < 1.29 is 14.6 Å². The van der Waals surface area contributed by atoms with Gasteiger partial charge in [0.05, 0.1) is 6.61 Å². The molecule has 0 fully saturated rings. The summed E-state index contributed by atoms with van der Waals surface area (Å²) in [4.78, 5) is 11.9. The van der Waals surface area contributed by atoms with Crippen molar-refractivity contribution in [2.75, 3.05) is 12.9 Å². The van der Waals surface area contributed by atoms with Gasteiger partial charge in [-0.25, -0.2) is 0 Å². The molecule has 0 aromatic heterocycles. The Balaban J connectivity index is 2.62. The highest BCUT2D eigenvalue weighted by Crippen LogP contribution is 2.26. The minimum atomic E-state index is -0.824. The lowest BCUT2D eigenvalue weighted by atomic mass is 10.1. The fourth-order valence-electron chi connectivity index (χ4n) is 1.58. The maximum absolute atomic E-state index is 11.9. The normalized spacial score (nSPS) is 13.9. The number of aliphatic hydroxyl groups excluding tert-OH is 1. The zero-order chi connectivity index (χ0) is 13.4.